The Morgan fingerprint density at radius 3 is 2.03 bits per heavy atom. The summed E-state index contributed by atoms with van der Waals surface area (Å²) in [6, 6.07) is 3.18. The van der Waals surface area contributed by atoms with E-state index in [2.05, 4.69) is 25.9 Å². The number of amides is 5. The number of imidazole rings is 1. The number of carbonyl (C=O) groups is 6. The zero-order chi connectivity index (χ0) is 28.9. The van der Waals surface area contributed by atoms with Crippen molar-refractivity contribution in [3.8, 4) is 0 Å². The van der Waals surface area contributed by atoms with E-state index in [1.165, 1.54) is 12.5 Å². The second-order valence-corrected chi connectivity index (χ2v) is 8.77. The fraction of sp³-hybridized carbons (Fsp3) is 0.375. The van der Waals surface area contributed by atoms with Crippen molar-refractivity contribution in [2.75, 3.05) is 0 Å². The lowest BCUT2D eigenvalue weighted by molar-refractivity contribution is -0.142. The Labute approximate surface area is 223 Å². The zero-order valence-electron chi connectivity index (χ0n) is 21.0. The molecule has 0 aliphatic heterocycles. The Balaban J connectivity index is 2.20. The van der Waals surface area contributed by atoms with Crippen molar-refractivity contribution in [3.63, 3.8) is 0 Å². The molecular weight excluding hydrogens is 512 g/mol. The van der Waals surface area contributed by atoms with Gasteiger partial charge in [0.2, 0.25) is 29.5 Å². The summed E-state index contributed by atoms with van der Waals surface area (Å²) in [6.07, 6.45) is 1.74. The van der Waals surface area contributed by atoms with Crippen LogP contribution in [0.2, 0.25) is 0 Å². The maximum atomic E-state index is 13.1. The monoisotopic (exact) mass is 544 g/mol. The standard InChI is InChI=1S/C24H32N8O7/c25-15(9-14-11-28-12-29-14)21(35)31-18(10-20(27)34)23(37)32-17(8-13-4-2-1-3-5-13)22(36)30-16(24(38)39)6-7-19(26)33/h1-5,11-12,15-18H,6-10,25H2,(H2,26,33)(H2,27,34)(H,28,29)(H,30,36)(H,31,35)(H,32,37)(H,38,39). The lowest BCUT2D eigenvalue weighted by Crippen LogP contribution is -2.58. The van der Waals surface area contributed by atoms with Crippen molar-refractivity contribution < 1.29 is 33.9 Å². The van der Waals surface area contributed by atoms with Gasteiger partial charge in [-0.3, -0.25) is 24.0 Å². The van der Waals surface area contributed by atoms with Gasteiger partial charge in [0.05, 0.1) is 18.8 Å². The van der Waals surface area contributed by atoms with Gasteiger partial charge in [-0.1, -0.05) is 30.3 Å². The van der Waals surface area contributed by atoms with E-state index >= 15 is 0 Å². The number of carboxylic acid groups (broad SMARTS) is 1. The van der Waals surface area contributed by atoms with E-state index in [1.807, 2.05) is 0 Å². The van der Waals surface area contributed by atoms with E-state index in [0.29, 0.717) is 11.3 Å². The van der Waals surface area contributed by atoms with Crippen molar-refractivity contribution in [2.45, 2.75) is 56.3 Å². The predicted molar refractivity (Wildman–Crippen MR) is 136 cm³/mol. The summed E-state index contributed by atoms with van der Waals surface area (Å²) in [4.78, 5) is 79.8. The van der Waals surface area contributed by atoms with Gasteiger partial charge in [0, 0.05) is 31.2 Å². The molecule has 0 aliphatic carbocycles. The summed E-state index contributed by atoms with van der Waals surface area (Å²) in [6.45, 7) is 0. The van der Waals surface area contributed by atoms with Crippen molar-refractivity contribution in [1.82, 2.24) is 25.9 Å². The molecule has 0 saturated carbocycles. The third kappa shape index (κ3) is 10.6. The lowest BCUT2D eigenvalue weighted by atomic mass is 10.0. The van der Waals surface area contributed by atoms with Crippen LogP contribution in [0.1, 0.15) is 30.5 Å². The van der Waals surface area contributed by atoms with Crippen LogP contribution in [-0.2, 0) is 41.6 Å². The number of hydrogen-bond acceptors (Lipinski definition) is 8. The van der Waals surface area contributed by atoms with E-state index in [9.17, 15) is 33.9 Å². The van der Waals surface area contributed by atoms with Crippen LogP contribution < -0.4 is 33.2 Å². The molecule has 1 heterocycles. The molecule has 0 spiro atoms. The predicted octanol–water partition coefficient (Wildman–Crippen LogP) is -2.80. The highest BCUT2D eigenvalue weighted by Gasteiger charge is 2.31. The number of aromatic nitrogens is 2. The number of H-pyrrole nitrogens is 1. The van der Waals surface area contributed by atoms with Crippen LogP contribution in [0.4, 0.5) is 0 Å². The fourth-order valence-electron chi connectivity index (χ4n) is 3.56. The summed E-state index contributed by atoms with van der Waals surface area (Å²) in [5, 5.41) is 16.6. The molecule has 1 aromatic carbocycles. The SMILES string of the molecule is NC(=O)CCC(NC(=O)C(Cc1ccccc1)NC(=O)C(CC(N)=O)NC(=O)C(N)Cc1cnc[nH]1)C(=O)O. The largest absolute Gasteiger partial charge is 0.480 e. The maximum Gasteiger partial charge on any atom is 0.326 e. The first kappa shape index (κ1) is 30.4. The summed E-state index contributed by atoms with van der Waals surface area (Å²) in [5.41, 5.74) is 17.5. The van der Waals surface area contributed by atoms with Crippen LogP contribution in [0.25, 0.3) is 0 Å². The average Bonchev–Trinajstić information content (AvgIpc) is 3.38. The summed E-state index contributed by atoms with van der Waals surface area (Å²) in [5.74, 6) is -5.61. The number of benzene rings is 1. The van der Waals surface area contributed by atoms with Crippen molar-refractivity contribution >= 4 is 35.5 Å². The highest BCUT2D eigenvalue weighted by molar-refractivity contribution is 5.96. The molecule has 2 aromatic rings. The van der Waals surface area contributed by atoms with Gasteiger partial charge in [-0.25, -0.2) is 9.78 Å². The number of nitrogens with zero attached hydrogens (tertiary/aromatic N) is 1. The highest BCUT2D eigenvalue weighted by atomic mass is 16.4. The van der Waals surface area contributed by atoms with Crippen molar-refractivity contribution in [2.24, 2.45) is 17.2 Å². The molecule has 2 rings (SSSR count). The van der Waals surface area contributed by atoms with E-state index < -0.39 is 66.1 Å². The molecule has 4 atom stereocenters. The number of nitrogens with two attached hydrogens (primary N) is 3. The molecule has 1 aromatic heterocycles. The molecule has 0 aliphatic rings. The van der Waals surface area contributed by atoms with Crippen LogP contribution in [0.3, 0.4) is 0 Å². The van der Waals surface area contributed by atoms with Gasteiger partial charge >= 0.3 is 5.97 Å². The normalized spacial score (nSPS) is 13.8. The number of nitrogens with one attached hydrogen (secondary N) is 4. The van der Waals surface area contributed by atoms with Crippen LogP contribution in [0.15, 0.2) is 42.9 Å². The number of carboxylic acids is 1. The zero-order valence-corrected chi connectivity index (χ0v) is 21.0. The second-order valence-electron chi connectivity index (χ2n) is 8.77. The minimum Gasteiger partial charge on any atom is -0.480 e. The average molecular weight is 545 g/mol. The number of aliphatic carboxylic acids is 1. The summed E-state index contributed by atoms with van der Waals surface area (Å²) in [7, 11) is 0. The molecule has 0 saturated heterocycles. The van der Waals surface area contributed by atoms with E-state index in [0.717, 1.165) is 0 Å². The maximum absolute atomic E-state index is 13.1. The molecular formula is C24H32N8O7. The van der Waals surface area contributed by atoms with Gasteiger partial charge < -0.3 is 43.2 Å². The van der Waals surface area contributed by atoms with Gasteiger partial charge in [-0.2, -0.15) is 0 Å². The van der Waals surface area contributed by atoms with Crippen molar-refractivity contribution in [3.05, 3.63) is 54.1 Å². The third-order valence-corrected chi connectivity index (χ3v) is 5.58. The van der Waals surface area contributed by atoms with Crippen LogP contribution in [-0.4, -0.2) is 74.7 Å². The highest BCUT2D eigenvalue weighted by Crippen LogP contribution is 2.07. The Kier molecular flexibility index (Phi) is 11.6. The Bertz CT molecular complexity index is 1160. The number of aromatic amines is 1. The van der Waals surface area contributed by atoms with Crippen LogP contribution in [0.5, 0.6) is 0 Å². The fourth-order valence-corrected chi connectivity index (χ4v) is 3.56. The topological polar surface area (TPSA) is 265 Å². The minimum absolute atomic E-state index is 0.0584. The van der Waals surface area contributed by atoms with E-state index in [1.54, 1.807) is 30.3 Å². The first-order chi connectivity index (χ1) is 18.5. The number of carbonyl (C=O) groups excluding carboxylic acids is 5. The summed E-state index contributed by atoms with van der Waals surface area (Å²) < 4.78 is 0. The molecule has 210 valence electrons. The minimum atomic E-state index is -1.47. The molecule has 11 N–H and O–H groups in total. The lowest BCUT2D eigenvalue weighted by Gasteiger charge is -2.25. The number of primary amides is 2. The van der Waals surface area contributed by atoms with Gasteiger partial charge in [-0.05, 0) is 12.0 Å². The smallest absolute Gasteiger partial charge is 0.326 e. The molecule has 5 amide bonds. The number of rotatable bonds is 16. The molecule has 4 unspecified atom stereocenters. The molecule has 15 nitrogen and oxygen atoms in total. The van der Waals surface area contributed by atoms with Crippen LogP contribution in [0, 0.1) is 0 Å². The Morgan fingerprint density at radius 2 is 1.46 bits per heavy atom. The molecule has 15 heteroatoms. The molecule has 0 fully saturated rings. The Morgan fingerprint density at radius 1 is 0.846 bits per heavy atom. The summed E-state index contributed by atoms with van der Waals surface area (Å²) >= 11 is 0. The van der Waals surface area contributed by atoms with Gasteiger partial charge in [0.1, 0.15) is 18.1 Å². The van der Waals surface area contributed by atoms with E-state index in [4.69, 9.17) is 17.2 Å². The quantitative estimate of drug-likeness (QED) is 0.108. The Hall–Kier alpha value is -4.79. The van der Waals surface area contributed by atoms with Gasteiger partial charge in [0.15, 0.2) is 0 Å². The molecule has 0 bridgehead atoms. The first-order valence-electron chi connectivity index (χ1n) is 11.9. The van der Waals surface area contributed by atoms with Gasteiger partial charge in [-0.15, -0.1) is 0 Å². The molecule has 0 radical (unpaired) electrons. The van der Waals surface area contributed by atoms with E-state index in [-0.39, 0.29) is 25.7 Å². The number of hydrogen-bond donors (Lipinski definition) is 8. The first-order valence-corrected chi connectivity index (χ1v) is 11.9. The van der Waals surface area contributed by atoms with Gasteiger partial charge in [0.25, 0.3) is 0 Å². The third-order valence-electron chi connectivity index (χ3n) is 5.58. The molecule has 39 heavy (non-hydrogen) atoms. The van der Waals surface area contributed by atoms with Crippen molar-refractivity contribution in [1.29, 1.82) is 0 Å². The second kappa shape index (κ2) is 14.8. The van der Waals surface area contributed by atoms with Crippen LogP contribution >= 0.6 is 0 Å².